The van der Waals surface area contributed by atoms with E-state index in [1.54, 1.807) is 14.2 Å². The summed E-state index contributed by atoms with van der Waals surface area (Å²) in [6.07, 6.45) is 0. The van der Waals surface area contributed by atoms with Crippen molar-refractivity contribution < 1.29 is 18.9 Å². The quantitative estimate of drug-likeness (QED) is 0.671. The summed E-state index contributed by atoms with van der Waals surface area (Å²) in [4.78, 5) is 0. The van der Waals surface area contributed by atoms with Gasteiger partial charge in [-0.15, -0.1) is 0 Å². The first kappa shape index (κ1) is 12.1. The van der Waals surface area contributed by atoms with Crippen LogP contribution in [0.2, 0.25) is 0 Å². The van der Waals surface area contributed by atoms with E-state index in [2.05, 4.69) is 18.2 Å². The van der Waals surface area contributed by atoms with Crippen molar-refractivity contribution in [2.45, 2.75) is 0 Å². The van der Waals surface area contributed by atoms with Crippen LogP contribution in [0, 0.1) is 0 Å². The number of fused-ring (bicyclic) bond motifs is 5. The molecule has 0 fully saturated rings. The predicted molar refractivity (Wildman–Crippen MR) is 80.7 cm³/mol. The first-order chi connectivity index (χ1) is 10.3. The molecule has 0 atom stereocenters. The molecule has 1 aliphatic heterocycles. The Morgan fingerprint density at radius 3 is 2.38 bits per heavy atom. The normalized spacial score (nSPS) is 12.9. The fourth-order valence-corrected chi connectivity index (χ4v) is 2.95. The smallest absolute Gasteiger partial charge is 0.231 e. The topological polar surface area (TPSA) is 36.9 Å². The van der Waals surface area contributed by atoms with Gasteiger partial charge in [-0.1, -0.05) is 30.3 Å². The van der Waals surface area contributed by atoms with Crippen molar-refractivity contribution in [3.8, 4) is 23.0 Å². The van der Waals surface area contributed by atoms with Gasteiger partial charge in [0.1, 0.15) is 0 Å². The lowest BCUT2D eigenvalue weighted by Gasteiger charge is -2.15. The van der Waals surface area contributed by atoms with Crippen molar-refractivity contribution in [3.05, 3.63) is 36.4 Å². The summed E-state index contributed by atoms with van der Waals surface area (Å²) >= 11 is 0. The predicted octanol–water partition coefficient (Wildman–Crippen LogP) is 3.74. The van der Waals surface area contributed by atoms with Gasteiger partial charge < -0.3 is 18.9 Å². The van der Waals surface area contributed by atoms with Crippen LogP contribution in [-0.2, 0) is 0 Å². The average Bonchev–Trinajstić information content (AvgIpc) is 3.02. The third-order valence-electron chi connectivity index (χ3n) is 3.83. The second-order valence-electron chi connectivity index (χ2n) is 4.84. The average molecular weight is 282 g/mol. The summed E-state index contributed by atoms with van der Waals surface area (Å²) in [5, 5.41) is 4.20. The van der Waals surface area contributed by atoms with E-state index in [0.717, 1.165) is 21.5 Å². The number of rotatable bonds is 2. The molecule has 4 rings (SSSR count). The zero-order chi connectivity index (χ0) is 14.4. The molecule has 106 valence electrons. The minimum absolute atomic E-state index is 0.195. The van der Waals surface area contributed by atoms with E-state index in [4.69, 9.17) is 18.9 Å². The summed E-state index contributed by atoms with van der Waals surface area (Å²) < 4.78 is 22.3. The Balaban J connectivity index is 2.27. The van der Waals surface area contributed by atoms with Crippen LogP contribution in [0.1, 0.15) is 0 Å². The summed E-state index contributed by atoms with van der Waals surface area (Å²) in [7, 11) is 3.25. The molecular weight excluding hydrogens is 268 g/mol. The summed E-state index contributed by atoms with van der Waals surface area (Å²) in [6, 6.07) is 12.3. The minimum Gasteiger partial charge on any atom is -0.492 e. The van der Waals surface area contributed by atoms with Crippen LogP contribution in [0.4, 0.5) is 0 Å². The van der Waals surface area contributed by atoms with Gasteiger partial charge in [-0.3, -0.25) is 0 Å². The van der Waals surface area contributed by atoms with Crippen molar-refractivity contribution in [1.29, 1.82) is 0 Å². The van der Waals surface area contributed by atoms with Gasteiger partial charge in [-0.05, 0) is 16.8 Å². The first-order valence-electron chi connectivity index (χ1n) is 6.70. The number of ether oxygens (including phenoxy) is 4. The second-order valence-corrected chi connectivity index (χ2v) is 4.84. The molecule has 1 heterocycles. The van der Waals surface area contributed by atoms with Gasteiger partial charge in [0.25, 0.3) is 0 Å². The lowest BCUT2D eigenvalue weighted by atomic mass is 9.99. The molecule has 0 N–H and O–H groups in total. The third kappa shape index (κ3) is 1.56. The molecule has 1 aliphatic rings. The molecule has 0 amide bonds. The molecule has 0 aromatic heterocycles. The van der Waals surface area contributed by atoms with Crippen molar-refractivity contribution >= 4 is 21.5 Å². The fourth-order valence-electron chi connectivity index (χ4n) is 2.95. The van der Waals surface area contributed by atoms with Gasteiger partial charge in [0.05, 0.1) is 14.2 Å². The summed E-state index contributed by atoms with van der Waals surface area (Å²) in [5.41, 5.74) is 0. The Kier molecular flexibility index (Phi) is 2.57. The fraction of sp³-hybridized carbons (Fsp3) is 0.176. The van der Waals surface area contributed by atoms with Gasteiger partial charge in [-0.25, -0.2) is 0 Å². The van der Waals surface area contributed by atoms with Crippen LogP contribution >= 0.6 is 0 Å². The lowest BCUT2D eigenvalue weighted by molar-refractivity contribution is 0.171. The zero-order valence-electron chi connectivity index (χ0n) is 11.8. The van der Waals surface area contributed by atoms with Crippen molar-refractivity contribution in [3.63, 3.8) is 0 Å². The Hall–Kier alpha value is -2.62. The highest BCUT2D eigenvalue weighted by molar-refractivity contribution is 6.14. The Morgan fingerprint density at radius 2 is 1.57 bits per heavy atom. The molecule has 4 heteroatoms. The highest BCUT2D eigenvalue weighted by Crippen LogP contribution is 2.54. The van der Waals surface area contributed by atoms with E-state index in [9.17, 15) is 0 Å². The van der Waals surface area contributed by atoms with E-state index < -0.39 is 0 Å². The number of methoxy groups -OCH3 is 2. The number of benzene rings is 3. The van der Waals surface area contributed by atoms with E-state index >= 15 is 0 Å². The van der Waals surface area contributed by atoms with Gasteiger partial charge in [0.15, 0.2) is 11.5 Å². The lowest BCUT2D eigenvalue weighted by Crippen LogP contribution is -1.95. The molecule has 4 nitrogen and oxygen atoms in total. The maximum atomic E-state index is 5.64. The van der Waals surface area contributed by atoms with Crippen molar-refractivity contribution in [1.82, 2.24) is 0 Å². The monoisotopic (exact) mass is 282 g/mol. The van der Waals surface area contributed by atoms with Crippen molar-refractivity contribution in [2.75, 3.05) is 21.0 Å². The van der Waals surface area contributed by atoms with E-state index in [0.29, 0.717) is 23.0 Å². The molecule has 3 aromatic rings. The minimum atomic E-state index is 0.195. The molecule has 0 aliphatic carbocycles. The second kappa shape index (κ2) is 4.45. The van der Waals surface area contributed by atoms with Gasteiger partial charge in [-0.2, -0.15) is 0 Å². The van der Waals surface area contributed by atoms with Crippen LogP contribution in [0.25, 0.3) is 21.5 Å². The van der Waals surface area contributed by atoms with Crippen LogP contribution in [0.3, 0.4) is 0 Å². The summed E-state index contributed by atoms with van der Waals surface area (Å²) in [6.45, 7) is 0.195. The largest absolute Gasteiger partial charge is 0.492 e. The Labute approximate surface area is 121 Å². The molecule has 0 bridgehead atoms. The van der Waals surface area contributed by atoms with Crippen LogP contribution in [0.5, 0.6) is 23.0 Å². The highest BCUT2D eigenvalue weighted by Gasteiger charge is 2.28. The molecule has 21 heavy (non-hydrogen) atoms. The molecular formula is C17H14O4. The van der Waals surface area contributed by atoms with Gasteiger partial charge in [0, 0.05) is 10.8 Å². The van der Waals surface area contributed by atoms with E-state index in [1.165, 1.54) is 0 Å². The van der Waals surface area contributed by atoms with Crippen LogP contribution in [-0.4, -0.2) is 21.0 Å². The van der Waals surface area contributed by atoms with Gasteiger partial charge >= 0.3 is 0 Å². The summed E-state index contributed by atoms with van der Waals surface area (Å²) in [5.74, 6) is 2.58. The SMILES string of the molecule is COc1c2c(c3ccc4ccccc4c3c1OC)OCO2. The molecule has 0 spiro atoms. The maximum Gasteiger partial charge on any atom is 0.231 e. The molecule has 0 unspecified atom stereocenters. The van der Waals surface area contributed by atoms with E-state index in [1.807, 2.05) is 18.2 Å². The number of hydrogen-bond acceptors (Lipinski definition) is 4. The zero-order valence-corrected chi connectivity index (χ0v) is 11.8. The first-order valence-corrected chi connectivity index (χ1v) is 6.70. The third-order valence-corrected chi connectivity index (χ3v) is 3.83. The molecule has 3 aromatic carbocycles. The standard InChI is InChI=1S/C17H14O4/c1-18-15-13-11-6-4-3-5-10(11)7-8-12(13)14-17(16(15)19-2)21-9-20-14/h3-8H,9H2,1-2H3. The molecule has 0 saturated heterocycles. The van der Waals surface area contributed by atoms with Gasteiger partial charge in [0.2, 0.25) is 18.3 Å². The number of hydrogen-bond donors (Lipinski definition) is 0. The highest BCUT2D eigenvalue weighted by atomic mass is 16.7. The maximum absolute atomic E-state index is 5.64. The van der Waals surface area contributed by atoms with Crippen LogP contribution < -0.4 is 18.9 Å². The Morgan fingerprint density at radius 1 is 0.810 bits per heavy atom. The van der Waals surface area contributed by atoms with Crippen LogP contribution in [0.15, 0.2) is 36.4 Å². The molecule has 0 radical (unpaired) electrons. The Bertz CT molecular complexity index is 854. The molecule has 0 saturated carbocycles. The van der Waals surface area contributed by atoms with E-state index in [-0.39, 0.29) is 6.79 Å². The van der Waals surface area contributed by atoms with Crippen molar-refractivity contribution in [2.24, 2.45) is 0 Å².